The first-order valence-corrected chi connectivity index (χ1v) is 7.94. The Morgan fingerprint density at radius 3 is 2.63 bits per heavy atom. The Kier molecular flexibility index (Phi) is 5.16. The van der Waals surface area contributed by atoms with E-state index < -0.39 is 23.3 Å². The number of anilines is 2. The third kappa shape index (κ3) is 4.69. The van der Waals surface area contributed by atoms with Crippen LogP contribution in [0.3, 0.4) is 0 Å². The number of fused-ring (bicyclic) bond motifs is 1. The number of carbonyl (C=O) groups is 2. The van der Waals surface area contributed by atoms with E-state index in [2.05, 4.69) is 10.6 Å². The summed E-state index contributed by atoms with van der Waals surface area (Å²) in [4.78, 5) is 34.3. The average Bonchev–Trinajstić information content (AvgIpc) is 2.62. The van der Waals surface area contributed by atoms with Crippen molar-refractivity contribution in [2.45, 2.75) is 6.92 Å². The number of halogens is 1. The fourth-order valence-electron chi connectivity index (χ4n) is 2.37. The fourth-order valence-corrected chi connectivity index (χ4v) is 2.37. The minimum absolute atomic E-state index is 0.0363. The molecule has 0 unspecified atom stereocenters. The molecule has 0 bridgehead atoms. The van der Waals surface area contributed by atoms with Gasteiger partial charge in [0.05, 0.1) is 5.69 Å². The average molecular weight is 370 g/mol. The zero-order chi connectivity index (χ0) is 19.4. The van der Waals surface area contributed by atoms with Crippen LogP contribution >= 0.6 is 0 Å². The van der Waals surface area contributed by atoms with Gasteiger partial charge in [-0.25, -0.2) is 9.18 Å². The molecule has 0 aliphatic rings. The Balaban J connectivity index is 1.64. The van der Waals surface area contributed by atoms with Crippen LogP contribution in [0.4, 0.5) is 15.8 Å². The molecule has 0 aliphatic heterocycles. The lowest BCUT2D eigenvalue weighted by Crippen LogP contribution is -2.20. The maximum atomic E-state index is 13.6. The van der Waals surface area contributed by atoms with Crippen molar-refractivity contribution < 1.29 is 23.1 Å². The summed E-state index contributed by atoms with van der Waals surface area (Å²) in [5.74, 6) is -1.17. The van der Waals surface area contributed by atoms with Gasteiger partial charge in [0.15, 0.2) is 6.61 Å². The maximum Gasteiger partial charge on any atom is 0.336 e. The minimum atomic E-state index is -0.614. The molecule has 0 radical (unpaired) electrons. The van der Waals surface area contributed by atoms with E-state index in [4.69, 9.17) is 9.15 Å². The van der Waals surface area contributed by atoms with E-state index in [9.17, 15) is 18.8 Å². The molecule has 1 heterocycles. The third-order valence-corrected chi connectivity index (χ3v) is 3.53. The molecule has 0 atom stereocenters. The van der Waals surface area contributed by atoms with Crippen molar-refractivity contribution in [3.05, 3.63) is 64.8 Å². The number of benzene rings is 2. The van der Waals surface area contributed by atoms with Gasteiger partial charge in [0.25, 0.3) is 5.91 Å². The largest absolute Gasteiger partial charge is 0.484 e. The summed E-state index contributed by atoms with van der Waals surface area (Å²) in [5, 5.41) is 5.60. The van der Waals surface area contributed by atoms with Gasteiger partial charge in [0, 0.05) is 30.1 Å². The van der Waals surface area contributed by atoms with Gasteiger partial charge >= 0.3 is 5.63 Å². The molecule has 1 aromatic heterocycles. The highest BCUT2D eigenvalue weighted by atomic mass is 19.1. The summed E-state index contributed by atoms with van der Waals surface area (Å²) in [7, 11) is 0. The summed E-state index contributed by atoms with van der Waals surface area (Å²) < 4.78 is 24.1. The molecule has 8 heteroatoms. The van der Waals surface area contributed by atoms with Crippen molar-refractivity contribution in [2.24, 2.45) is 0 Å². The molecule has 2 aromatic carbocycles. The Morgan fingerprint density at radius 1 is 1.07 bits per heavy atom. The summed E-state index contributed by atoms with van der Waals surface area (Å²) in [6.45, 7) is 0.944. The van der Waals surface area contributed by atoms with Gasteiger partial charge in [-0.05, 0) is 36.4 Å². The predicted octanol–water partition coefficient (Wildman–Crippen LogP) is 2.91. The number of rotatable bonds is 5. The number of nitrogens with one attached hydrogen (secondary N) is 2. The predicted molar refractivity (Wildman–Crippen MR) is 97.3 cm³/mol. The standard InChI is InChI=1S/C19H15FN2O5/c1-11(23)21-16-8-13(4-6-15(16)20)22-18(24)10-26-14-5-2-12-3-7-19(25)27-17(12)9-14/h2-9H,10H2,1H3,(H,21,23)(H,22,24). The van der Waals surface area contributed by atoms with E-state index in [1.54, 1.807) is 18.2 Å². The van der Waals surface area contributed by atoms with Crippen LogP contribution in [0.2, 0.25) is 0 Å². The summed E-state index contributed by atoms with van der Waals surface area (Å²) in [6.07, 6.45) is 0. The summed E-state index contributed by atoms with van der Waals surface area (Å²) in [6, 6.07) is 11.6. The SMILES string of the molecule is CC(=O)Nc1cc(NC(=O)COc2ccc3ccc(=O)oc3c2)ccc1F. The first-order valence-electron chi connectivity index (χ1n) is 7.94. The first-order chi connectivity index (χ1) is 12.9. The smallest absolute Gasteiger partial charge is 0.336 e. The monoisotopic (exact) mass is 370 g/mol. The van der Waals surface area contributed by atoms with Crippen molar-refractivity contribution >= 4 is 34.2 Å². The van der Waals surface area contributed by atoms with Gasteiger partial charge in [-0.15, -0.1) is 0 Å². The molecular weight excluding hydrogens is 355 g/mol. The molecule has 3 rings (SSSR count). The highest BCUT2D eigenvalue weighted by Crippen LogP contribution is 2.21. The zero-order valence-electron chi connectivity index (χ0n) is 14.2. The number of carbonyl (C=O) groups excluding carboxylic acids is 2. The van der Waals surface area contributed by atoms with Crippen LogP contribution in [-0.2, 0) is 9.59 Å². The van der Waals surface area contributed by atoms with Gasteiger partial charge in [0.2, 0.25) is 5.91 Å². The van der Waals surface area contributed by atoms with Gasteiger partial charge in [-0.2, -0.15) is 0 Å². The highest BCUT2D eigenvalue weighted by molar-refractivity contribution is 5.94. The topological polar surface area (TPSA) is 97.6 Å². The lowest BCUT2D eigenvalue weighted by Gasteiger charge is -2.10. The van der Waals surface area contributed by atoms with E-state index in [0.717, 1.165) is 11.5 Å². The van der Waals surface area contributed by atoms with E-state index in [1.165, 1.54) is 31.2 Å². The molecule has 2 N–H and O–H groups in total. The van der Waals surface area contributed by atoms with Crippen LogP contribution in [-0.4, -0.2) is 18.4 Å². The second-order valence-electron chi connectivity index (χ2n) is 5.67. The Hall–Kier alpha value is -3.68. The van der Waals surface area contributed by atoms with E-state index in [-0.39, 0.29) is 12.3 Å². The number of ether oxygens (including phenoxy) is 1. The molecule has 0 saturated heterocycles. The maximum absolute atomic E-state index is 13.6. The van der Waals surface area contributed by atoms with E-state index in [0.29, 0.717) is 17.0 Å². The first kappa shape index (κ1) is 18.1. The molecule has 0 spiro atoms. The molecular formula is C19H15FN2O5. The van der Waals surface area contributed by atoms with E-state index >= 15 is 0 Å². The van der Waals surface area contributed by atoms with Crippen LogP contribution in [0.15, 0.2) is 57.7 Å². The van der Waals surface area contributed by atoms with Crippen molar-refractivity contribution in [2.75, 3.05) is 17.2 Å². The molecule has 0 fully saturated rings. The summed E-state index contributed by atoms with van der Waals surface area (Å²) >= 11 is 0. The van der Waals surface area contributed by atoms with E-state index in [1.807, 2.05) is 0 Å². The molecule has 0 saturated carbocycles. The summed E-state index contributed by atoms with van der Waals surface area (Å²) in [5.41, 5.74) is 0.131. The highest BCUT2D eigenvalue weighted by Gasteiger charge is 2.09. The normalized spacial score (nSPS) is 10.4. The van der Waals surface area contributed by atoms with Crippen LogP contribution in [0, 0.1) is 5.82 Å². The minimum Gasteiger partial charge on any atom is -0.484 e. The second-order valence-corrected chi connectivity index (χ2v) is 5.67. The lowest BCUT2D eigenvalue weighted by atomic mass is 10.2. The molecule has 3 aromatic rings. The van der Waals surface area contributed by atoms with Crippen LogP contribution in [0.5, 0.6) is 5.75 Å². The zero-order valence-corrected chi connectivity index (χ0v) is 14.2. The van der Waals surface area contributed by atoms with Crippen molar-refractivity contribution in [3.8, 4) is 5.75 Å². The van der Waals surface area contributed by atoms with Gasteiger partial charge in [-0.1, -0.05) is 0 Å². The molecule has 2 amide bonds. The molecule has 138 valence electrons. The van der Waals surface area contributed by atoms with Gasteiger partial charge in [0.1, 0.15) is 17.1 Å². The Bertz CT molecular complexity index is 1080. The number of hydrogen-bond donors (Lipinski definition) is 2. The second kappa shape index (κ2) is 7.69. The molecule has 27 heavy (non-hydrogen) atoms. The molecule has 0 aliphatic carbocycles. The van der Waals surface area contributed by atoms with Crippen LogP contribution < -0.4 is 21.0 Å². The third-order valence-electron chi connectivity index (χ3n) is 3.53. The Morgan fingerprint density at radius 2 is 1.85 bits per heavy atom. The molecule has 7 nitrogen and oxygen atoms in total. The van der Waals surface area contributed by atoms with Crippen molar-refractivity contribution in [3.63, 3.8) is 0 Å². The lowest BCUT2D eigenvalue weighted by molar-refractivity contribution is -0.118. The van der Waals surface area contributed by atoms with Gasteiger partial charge < -0.3 is 19.8 Å². The van der Waals surface area contributed by atoms with Gasteiger partial charge in [-0.3, -0.25) is 9.59 Å². The number of hydrogen-bond acceptors (Lipinski definition) is 5. The van der Waals surface area contributed by atoms with Crippen molar-refractivity contribution in [1.82, 2.24) is 0 Å². The quantitative estimate of drug-likeness (QED) is 0.673. The number of amides is 2. The van der Waals surface area contributed by atoms with Crippen LogP contribution in [0.1, 0.15) is 6.92 Å². The Labute approximate surface area is 152 Å². The fraction of sp³-hybridized carbons (Fsp3) is 0.105. The van der Waals surface area contributed by atoms with Crippen LogP contribution in [0.25, 0.3) is 11.0 Å². The van der Waals surface area contributed by atoms with Crippen molar-refractivity contribution in [1.29, 1.82) is 0 Å².